The summed E-state index contributed by atoms with van der Waals surface area (Å²) in [7, 11) is -3.59. The molecule has 0 aromatic heterocycles. The second-order valence-corrected chi connectivity index (χ2v) is 9.33. The number of piperidine rings is 1. The Hall–Kier alpha value is -1.93. The average Bonchev–Trinajstić information content (AvgIpc) is 3.39. The lowest BCUT2D eigenvalue weighted by Gasteiger charge is -2.26. The molecule has 1 amide bonds. The molecule has 0 spiro atoms. The van der Waals surface area contributed by atoms with Gasteiger partial charge in [0, 0.05) is 18.8 Å². The molecule has 2 aliphatic rings. The molecule has 0 radical (unpaired) electrons. The maximum atomic E-state index is 12.9. The fraction of sp³-hybridized carbons (Fsp3) is 0.579. The van der Waals surface area contributed by atoms with Crippen LogP contribution in [0.2, 0.25) is 0 Å². The van der Waals surface area contributed by atoms with Crippen LogP contribution in [-0.2, 0) is 24.3 Å². The number of hydrogen-bond acceptors (Lipinski definition) is 5. The predicted octanol–water partition coefficient (Wildman–Crippen LogP) is 2.31. The summed E-state index contributed by atoms with van der Waals surface area (Å²) in [4.78, 5) is 23.9. The number of nitrogens with zero attached hydrogens (tertiary/aromatic N) is 1. The predicted molar refractivity (Wildman–Crippen MR) is 101 cm³/mol. The average molecular weight is 394 g/mol. The van der Waals surface area contributed by atoms with E-state index in [1.165, 1.54) is 10.4 Å². The lowest BCUT2D eigenvalue weighted by Crippen LogP contribution is -2.36. The third-order valence-electron chi connectivity index (χ3n) is 5.16. The Labute approximate surface area is 160 Å². The van der Waals surface area contributed by atoms with Gasteiger partial charge in [-0.2, -0.15) is 4.31 Å². The van der Waals surface area contributed by atoms with E-state index in [2.05, 4.69) is 5.32 Å². The Balaban J connectivity index is 1.65. The van der Waals surface area contributed by atoms with Crippen LogP contribution in [0, 0.1) is 18.8 Å². The van der Waals surface area contributed by atoms with Crippen LogP contribution in [0.1, 0.15) is 38.2 Å². The fourth-order valence-electron chi connectivity index (χ4n) is 3.29. The van der Waals surface area contributed by atoms with Gasteiger partial charge in [-0.05, 0) is 49.8 Å². The topological polar surface area (TPSA) is 92.8 Å². The van der Waals surface area contributed by atoms with Gasteiger partial charge in [0.1, 0.15) is 0 Å². The van der Waals surface area contributed by atoms with Crippen LogP contribution in [0.15, 0.2) is 23.1 Å². The summed E-state index contributed by atoms with van der Waals surface area (Å²) in [5.74, 6) is -0.615. The molecule has 2 fully saturated rings. The number of hydrogen-bond donors (Lipinski definition) is 1. The summed E-state index contributed by atoms with van der Waals surface area (Å²) in [5, 5.41) is 2.61. The lowest BCUT2D eigenvalue weighted by molar-refractivity contribution is -0.148. The molecule has 1 heterocycles. The normalized spacial score (nSPS) is 22.9. The molecule has 148 valence electrons. The second kappa shape index (κ2) is 7.98. The molecule has 1 saturated carbocycles. The molecule has 2 atom stereocenters. The highest BCUT2D eigenvalue weighted by molar-refractivity contribution is 7.89. The van der Waals surface area contributed by atoms with E-state index in [1.807, 2.05) is 6.92 Å². The number of carbonyl (C=O) groups is 2. The van der Waals surface area contributed by atoms with Crippen LogP contribution in [0.4, 0.5) is 5.69 Å². The van der Waals surface area contributed by atoms with Crippen molar-refractivity contribution in [1.82, 2.24) is 4.31 Å². The van der Waals surface area contributed by atoms with Crippen LogP contribution >= 0.6 is 0 Å². The van der Waals surface area contributed by atoms with Crippen molar-refractivity contribution in [3.8, 4) is 0 Å². The van der Waals surface area contributed by atoms with E-state index < -0.39 is 15.9 Å². The maximum Gasteiger partial charge on any atom is 0.309 e. The van der Waals surface area contributed by atoms with Gasteiger partial charge in [0.2, 0.25) is 10.0 Å². The number of sulfonamides is 1. The number of esters is 1. The standard InChI is InChI=1S/C19H26N2O5S/c1-13-6-7-15(20-18(22)12-26-19(23)16-10-14(16)2)11-17(13)27(24,25)21-8-4-3-5-9-21/h6-7,11,14,16H,3-5,8-10,12H2,1-2H3,(H,20,22)/t14-,16-/m1/s1. The van der Waals surface area contributed by atoms with E-state index >= 15 is 0 Å². The first-order valence-electron chi connectivity index (χ1n) is 9.36. The van der Waals surface area contributed by atoms with E-state index in [9.17, 15) is 18.0 Å². The molecular weight excluding hydrogens is 368 g/mol. The van der Waals surface area contributed by atoms with Gasteiger partial charge in [0.15, 0.2) is 6.61 Å². The number of amides is 1. The number of nitrogens with one attached hydrogen (secondary N) is 1. The Morgan fingerprint density at radius 2 is 1.89 bits per heavy atom. The summed E-state index contributed by atoms with van der Waals surface area (Å²) < 4.78 is 32.3. The number of ether oxygens (including phenoxy) is 1. The summed E-state index contributed by atoms with van der Waals surface area (Å²) in [6.07, 6.45) is 3.56. The zero-order valence-corrected chi connectivity index (χ0v) is 16.5. The van der Waals surface area contributed by atoms with E-state index in [0.29, 0.717) is 30.3 Å². The summed E-state index contributed by atoms with van der Waals surface area (Å²) in [6, 6.07) is 4.79. The molecule has 1 aromatic carbocycles. The van der Waals surface area contributed by atoms with Gasteiger partial charge in [0.25, 0.3) is 5.91 Å². The Morgan fingerprint density at radius 1 is 1.22 bits per heavy atom. The Bertz CT molecular complexity index is 831. The summed E-state index contributed by atoms with van der Waals surface area (Å²) in [6.45, 7) is 4.37. The van der Waals surface area contributed by atoms with Gasteiger partial charge in [0.05, 0.1) is 10.8 Å². The SMILES string of the molecule is Cc1ccc(NC(=O)COC(=O)[C@@H]2C[C@H]2C)cc1S(=O)(=O)N1CCCCC1. The number of rotatable bonds is 6. The van der Waals surface area contributed by atoms with Crippen molar-refractivity contribution in [2.75, 3.05) is 25.0 Å². The van der Waals surface area contributed by atoms with Crippen LogP contribution < -0.4 is 5.32 Å². The number of benzene rings is 1. The highest BCUT2D eigenvalue weighted by Crippen LogP contribution is 2.38. The largest absolute Gasteiger partial charge is 0.455 e. The monoisotopic (exact) mass is 394 g/mol. The molecular formula is C19H26N2O5S. The van der Waals surface area contributed by atoms with Gasteiger partial charge in [-0.1, -0.05) is 19.4 Å². The molecule has 1 aliphatic carbocycles. The van der Waals surface area contributed by atoms with Gasteiger partial charge in [-0.3, -0.25) is 9.59 Å². The first-order chi connectivity index (χ1) is 12.8. The highest BCUT2D eigenvalue weighted by Gasteiger charge is 2.40. The molecule has 0 bridgehead atoms. The fourth-order valence-corrected chi connectivity index (χ4v) is 5.06. The third-order valence-corrected chi connectivity index (χ3v) is 7.20. The molecule has 27 heavy (non-hydrogen) atoms. The zero-order chi connectivity index (χ0) is 19.6. The minimum Gasteiger partial charge on any atom is -0.455 e. The van der Waals surface area contributed by atoms with Crippen molar-refractivity contribution < 1.29 is 22.7 Å². The van der Waals surface area contributed by atoms with Gasteiger partial charge in [-0.15, -0.1) is 0 Å². The number of carbonyl (C=O) groups excluding carboxylic acids is 2. The summed E-state index contributed by atoms with van der Waals surface area (Å²) >= 11 is 0. The minimum absolute atomic E-state index is 0.0986. The molecule has 3 rings (SSSR count). The first kappa shape index (κ1) is 19.8. The van der Waals surface area contributed by atoms with E-state index in [0.717, 1.165) is 25.7 Å². The van der Waals surface area contributed by atoms with Crippen molar-refractivity contribution in [2.24, 2.45) is 11.8 Å². The number of aryl methyl sites for hydroxylation is 1. The molecule has 0 unspecified atom stereocenters. The Morgan fingerprint density at radius 3 is 2.52 bits per heavy atom. The van der Waals surface area contributed by atoms with Crippen molar-refractivity contribution in [3.05, 3.63) is 23.8 Å². The smallest absolute Gasteiger partial charge is 0.309 e. The maximum absolute atomic E-state index is 12.9. The quantitative estimate of drug-likeness (QED) is 0.748. The van der Waals surface area contributed by atoms with Gasteiger partial charge >= 0.3 is 5.97 Å². The third kappa shape index (κ3) is 4.68. The van der Waals surface area contributed by atoms with Gasteiger partial charge < -0.3 is 10.1 Å². The van der Waals surface area contributed by atoms with Crippen LogP contribution in [0.3, 0.4) is 0 Å². The minimum atomic E-state index is -3.59. The molecule has 8 heteroatoms. The van der Waals surface area contributed by atoms with Crippen molar-refractivity contribution in [3.63, 3.8) is 0 Å². The van der Waals surface area contributed by atoms with Crippen molar-refractivity contribution in [1.29, 1.82) is 0 Å². The van der Waals surface area contributed by atoms with Crippen LogP contribution in [-0.4, -0.2) is 44.3 Å². The van der Waals surface area contributed by atoms with E-state index in [-0.39, 0.29) is 23.4 Å². The first-order valence-corrected chi connectivity index (χ1v) is 10.8. The molecule has 7 nitrogen and oxygen atoms in total. The van der Waals surface area contributed by atoms with Crippen molar-refractivity contribution >= 4 is 27.6 Å². The molecule has 1 aliphatic heterocycles. The van der Waals surface area contributed by atoms with E-state index in [1.54, 1.807) is 19.1 Å². The van der Waals surface area contributed by atoms with E-state index in [4.69, 9.17) is 4.74 Å². The second-order valence-electron chi connectivity index (χ2n) is 7.42. The molecule has 1 saturated heterocycles. The Kier molecular flexibility index (Phi) is 5.86. The summed E-state index contributed by atoms with van der Waals surface area (Å²) in [5.41, 5.74) is 1.00. The molecule has 1 N–H and O–H groups in total. The number of anilines is 1. The van der Waals surface area contributed by atoms with Gasteiger partial charge in [-0.25, -0.2) is 8.42 Å². The highest BCUT2D eigenvalue weighted by atomic mass is 32.2. The molecule has 1 aromatic rings. The zero-order valence-electron chi connectivity index (χ0n) is 15.7. The van der Waals surface area contributed by atoms with Crippen LogP contribution in [0.25, 0.3) is 0 Å². The van der Waals surface area contributed by atoms with Crippen LogP contribution in [0.5, 0.6) is 0 Å². The van der Waals surface area contributed by atoms with Crippen molar-refractivity contribution in [2.45, 2.75) is 44.4 Å². The lowest BCUT2D eigenvalue weighted by atomic mass is 10.2.